The third-order valence-electron chi connectivity index (χ3n) is 4.65. The first-order valence-electron chi connectivity index (χ1n) is 7.42. The van der Waals surface area contributed by atoms with Crippen molar-refractivity contribution in [1.29, 1.82) is 0 Å². The van der Waals surface area contributed by atoms with Crippen LogP contribution in [0.25, 0.3) is 0 Å². The molecule has 5 N–H and O–H groups in total. The minimum Gasteiger partial charge on any atom is -0.481 e. The van der Waals surface area contributed by atoms with Crippen molar-refractivity contribution in [2.24, 2.45) is 29.4 Å². The number of carboxylic acids is 2. The fraction of sp³-hybridized carbons (Fsp3) is 0.786. The van der Waals surface area contributed by atoms with Gasteiger partial charge in [-0.1, -0.05) is 19.3 Å². The van der Waals surface area contributed by atoms with Gasteiger partial charge in [0.2, 0.25) is 5.91 Å². The molecule has 2 aliphatic carbocycles. The van der Waals surface area contributed by atoms with E-state index in [1.165, 1.54) is 6.42 Å². The highest BCUT2D eigenvalue weighted by Gasteiger charge is 2.63. The van der Waals surface area contributed by atoms with Crippen molar-refractivity contribution in [2.45, 2.75) is 38.1 Å². The predicted octanol–water partition coefficient (Wildman–Crippen LogP) is 0.0416. The van der Waals surface area contributed by atoms with Crippen LogP contribution in [-0.4, -0.2) is 40.6 Å². The quantitative estimate of drug-likeness (QED) is 0.548. The normalized spacial score (nSPS) is 30.4. The molecule has 7 nitrogen and oxygen atoms in total. The fourth-order valence-corrected chi connectivity index (χ4v) is 3.36. The van der Waals surface area contributed by atoms with E-state index < -0.39 is 35.7 Å². The first-order valence-corrected chi connectivity index (χ1v) is 7.42. The molecular weight excluding hydrogens is 276 g/mol. The molecule has 0 heterocycles. The molecule has 0 aromatic carbocycles. The number of aliphatic carboxylic acids is 2. The van der Waals surface area contributed by atoms with Crippen LogP contribution in [0.2, 0.25) is 0 Å². The highest BCUT2D eigenvalue weighted by Crippen LogP contribution is 2.48. The third kappa shape index (κ3) is 3.53. The molecule has 0 aromatic heterocycles. The number of nitrogens with one attached hydrogen (secondary N) is 1. The molecule has 0 bridgehead atoms. The molecule has 2 fully saturated rings. The lowest BCUT2D eigenvalue weighted by atomic mass is 9.89. The lowest BCUT2D eigenvalue weighted by Crippen LogP contribution is -2.36. The largest absolute Gasteiger partial charge is 0.481 e. The minimum atomic E-state index is -1.31. The summed E-state index contributed by atoms with van der Waals surface area (Å²) in [6, 6.07) is -1.31. The van der Waals surface area contributed by atoms with Crippen molar-refractivity contribution in [3.8, 4) is 0 Å². The first kappa shape index (κ1) is 15.8. The molecular formula is C14H22N2O5. The van der Waals surface area contributed by atoms with Gasteiger partial charge in [0.05, 0.1) is 11.8 Å². The van der Waals surface area contributed by atoms with Crippen molar-refractivity contribution in [1.82, 2.24) is 5.32 Å². The van der Waals surface area contributed by atoms with E-state index in [4.69, 9.17) is 15.9 Å². The Bertz CT molecular complexity index is 433. The van der Waals surface area contributed by atoms with E-state index in [0.717, 1.165) is 25.7 Å². The highest BCUT2D eigenvalue weighted by molar-refractivity contribution is 5.92. The van der Waals surface area contributed by atoms with Gasteiger partial charge < -0.3 is 21.3 Å². The molecule has 2 rings (SSSR count). The van der Waals surface area contributed by atoms with Gasteiger partial charge in [-0.15, -0.1) is 0 Å². The molecule has 0 aromatic rings. The van der Waals surface area contributed by atoms with Crippen LogP contribution >= 0.6 is 0 Å². The molecule has 0 spiro atoms. The smallest absolute Gasteiger partial charge is 0.320 e. The fourth-order valence-electron chi connectivity index (χ4n) is 3.36. The van der Waals surface area contributed by atoms with Gasteiger partial charge in [-0.25, -0.2) is 0 Å². The zero-order chi connectivity index (χ0) is 15.6. The molecule has 118 valence electrons. The summed E-state index contributed by atoms with van der Waals surface area (Å²) in [4.78, 5) is 34.0. The zero-order valence-corrected chi connectivity index (χ0v) is 11.8. The molecule has 2 saturated carbocycles. The summed E-state index contributed by atoms with van der Waals surface area (Å²) in [6.45, 7) is 0.538. The summed E-state index contributed by atoms with van der Waals surface area (Å²) in [6.07, 6.45) is 5.70. The topological polar surface area (TPSA) is 130 Å². The number of carbonyl (C=O) groups excluding carboxylic acids is 1. The van der Waals surface area contributed by atoms with Crippen molar-refractivity contribution in [2.75, 3.05) is 6.54 Å². The van der Waals surface area contributed by atoms with Crippen LogP contribution < -0.4 is 11.1 Å². The molecule has 4 atom stereocenters. The molecule has 0 aliphatic heterocycles. The Morgan fingerprint density at radius 1 is 1.10 bits per heavy atom. The number of hydrogen-bond acceptors (Lipinski definition) is 4. The maximum absolute atomic E-state index is 12.1. The van der Waals surface area contributed by atoms with Gasteiger partial charge in [0.15, 0.2) is 0 Å². The van der Waals surface area contributed by atoms with Gasteiger partial charge in [-0.3, -0.25) is 14.4 Å². The van der Waals surface area contributed by atoms with Crippen molar-refractivity contribution >= 4 is 17.8 Å². The minimum absolute atomic E-state index is 0.380. The van der Waals surface area contributed by atoms with Crippen molar-refractivity contribution in [3.05, 3.63) is 0 Å². The van der Waals surface area contributed by atoms with E-state index >= 15 is 0 Å². The Morgan fingerprint density at radius 2 is 1.71 bits per heavy atom. The van der Waals surface area contributed by atoms with Crippen LogP contribution in [0, 0.1) is 23.7 Å². The summed E-state index contributed by atoms with van der Waals surface area (Å²) < 4.78 is 0. The SMILES string of the molecule is N[C@H](C(=O)O)[C@@H]1[C@@H](C(=O)O)[C@@H]1C(=O)NCC1CCCCC1. The summed E-state index contributed by atoms with van der Waals surface area (Å²) >= 11 is 0. The molecule has 0 unspecified atom stereocenters. The van der Waals surface area contributed by atoms with Crippen LogP contribution in [0.5, 0.6) is 0 Å². The maximum atomic E-state index is 12.1. The summed E-state index contributed by atoms with van der Waals surface area (Å²) in [5.41, 5.74) is 5.47. The van der Waals surface area contributed by atoms with E-state index in [1.54, 1.807) is 0 Å². The number of nitrogens with two attached hydrogens (primary N) is 1. The zero-order valence-electron chi connectivity index (χ0n) is 11.8. The molecule has 2 aliphatic rings. The second kappa shape index (κ2) is 6.43. The molecule has 0 saturated heterocycles. The Labute approximate surface area is 122 Å². The van der Waals surface area contributed by atoms with E-state index in [1.807, 2.05) is 0 Å². The van der Waals surface area contributed by atoms with Gasteiger partial charge >= 0.3 is 11.9 Å². The van der Waals surface area contributed by atoms with Gasteiger partial charge in [0.25, 0.3) is 0 Å². The van der Waals surface area contributed by atoms with Crippen LogP contribution in [0.15, 0.2) is 0 Å². The summed E-state index contributed by atoms with van der Waals surface area (Å²) in [5, 5.41) is 20.7. The summed E-state index contributed by atoms with van der Waals surface area (Å²) in [7, 11) is 0. The standard InChI is InChI=1S/C14H22N2O5/c15-11(14(20)21)8-9(10(8)13(18)19)12(17)16-6-7-4-2-1-3-5-7/h7-11H,1-6,15H2,(H,16,17)(H,18,19)(H,20,21)/t8-,9+,10+,11-/m0/s1. The Kier molecular flexibility index (Phi) is 4.82. The molecule has 21 heavy (non-hydrogen) atoms. The number of hydrogen-bond donors (Lipinski definition) is 4. The Morgan fingerprint density at radius 3 is 2.24 bits per heavy atom. The van der Waals surface area contributed by atoms with Crippen LogP contribution in [-0.2, 0) is 14.4 Å². The van der Waals surface area contributed by atoms with E-state index in [0.29, 0.717) is 12.5 Å². The molecule has 0 radical (unpaired) electrons. The number of rotatable bonds is 6. The van der Waals surface area contributed by atoms with Gasteiger partial charge in [0.1, 0.15) is 6.04 Å². The first-order chi connectivity index (χ1) is 9.93. The van der Waals surface area contributed by atoms with Gasteiger partial charge in [-0.2, -0.15) is 0 Å². The number of carboxylic acid groups (broad SMARTS) is 2. The second-order valence-corrected chi connectivity index (χ2v) is 6.08. The van der Waals surface area contributed by atoms with Crippen LogP contribution in [0.3, 0.4) is 0 Å². The Balaban J connectivity index is 1.88. The molecule has 1 amide bonds. The second-order valence-electron chi connectivity index (χ2n) is 6.08. The van der Waals surface area contributed by atoms with Crippen molar-refractivity contribution < 1.29 is 24.6 Å². The highest BCUT2D eigenvalue weighted by atomic mass is 16.4. The number of amides is 1. The van der Waals surface area contributed by atoms with Gasteiger partial charge in [0, 0.05) is 12.5 Å². The van der Waals surface area contributed by atoms with E-state index in [-0.39, 0.29) is 5.91 Å². The Hall–Kier alpha value is -1.63. The average molecular weight is 298 g/mol. The van der Waals surface area contributed by atoms with Crippen LogP contribution in [0.4, 0.5) is 0 Å². The predicted molar refractivity (Wildman–Crippen MR) is 73.3 cm³/mol. The maximum Gasteiger partial charge on any atom is 0.320 e. The lowest BCUT2D eigenvalue weighted by molar-refractivity contribution is -0.141. The molecule has 7 heteroatoms. The van der Waals surface area contributed by atoms with E-state index in [2.05, 4.69) is 5.32 Å². The van der Waals surface area contributed by atoms with Gasteiger partial charge in [-0.05, 0) is 18.8 Å². The van der Waals surface area contributed by atoms with Crippen molar-refractivity contribution in [3.63, 3.8) is 0 Å². The van der Waals surface area contributed by atoms with Crippen LogP contribution in [0.1, 0.15) is 32.1 Å². The third-order valence-corrected chi connectivity index (χ3v) is 4.65. The average Bonchev–Trinajstić information content (AvgIpc) is 3.20. The van der Waals surface area contributed by atoms with E-state index in [9.17, 15) is 14.4 Å². The summed E-state index contributed by atoms with van der Waals surface area (Å²) in [5.74, 6) is -4.99. The lowest BCUT2D eigenvalue weighted by Gasteiger charge is -2.21. The number of carbonyl (C=O) groups is 3. The monoisotopic (exact) mass is 298 g/mol.